The van der Waals surface area contributed by atoms with Crippen molar-refractivity contribution in [3.63, 3.8) is 0 Å². The Hall–Kier alpha value is -3.20. The molecule has 0 aliphatic carbocycles. The van der Waals surface area contributed by atoms with Gasteiger partial charge in [-0.25, -0.2) is 0 Å². The maximum absolute atomic E-state index is 11.7. The Kier molecular flexibility index (Phi) is 12.3. The van der Waals surface area contributed by atoms with Crippen LogP contribution in [-0.2, 0) is 9.59 Å². The average molecular weight is 548 g/mol. The molecule has 2 N–H and O–H groups in total. The summed E-state index contributed by atoms with van der Waals surface area (Å²) in [6, 6.07) is 4.73. The number of hydrogen-bond acceptors (Lipinski definition) is 5. The van der Waals surface area contributed by atoms with Crippen molar-refractivity contribution in [3.05, 3.63) is 86.7 Å². The van der Waals surface area contributed by atoms with Crippen LogP contribution in [0.2, 0.25) is 10.0 Å². The number of amides is 2. The van der Waals surface area contributed by atoms with E-state index in [9.17, 15) is 24.8 Å². The van der Waals surface area contributed by atoms with E-state index < -0.39 is 11.0 Å². The number of carbonyl (C=O) groups is 2. The van der Waals surface area contributed by atoms with Crippen LogP contribution in [0.5, 0.6) is 0 Å². The molecule has 0 saturated carbocycles. The quantitative estimate of drug-likeness (QED) is 0.158. The second-order valence-electron chi connectivity index (χ2n) is 8.44. The molecule has 1 aliphatic rings. The number of nitro groups is 1. The molecule has 1 aliphatic heterocycles. The van der Waals surface area contributed by atoms with Gasteiger partial charge in [0.2, 0.25) is 5.91 Å². The third-order valence-electron chi connectivity index (χ3n) is 5.51. The minimum atomic E-state index is -0.513. The van der Waals surface area contributed by atoms with E-state index in [0.29, 0.717) is 29.1 Å². The van der Waals surface area contributed by atoms with Gasteiger partial charge in [0.1, 0.15) is 5.02 Å². The lowest BCUT2D eigenvalue weighted by atomic mass is 10.1. The summed E-state index contributed by atoms with van der Waals surface area (Å²) in [6.45, 7) is 4.52. The second-order valence-corrected chi connectivity index (χ2v) is 9.25. The first-order valence-corrected chi connectivity index (χ1v) is 12.7. The van der Waals surface area contributed by atoms with Crippen LogP contribution in [0.15, 0.2) is 66.5 Å². The Morgan fingerprint density at radius 1 is 1.22 bits per heavy atom. The summed E-state index contributed by atoms with van der Waals surface area (Å²) in [5.74, 6) is -0.351. The molecule has 3 rings (SSSR count). The van der Waals surface area contributed by atoms with Crippen LogP contribution in [0.1, 0.15) is 46.0 Å². The number of aliphatic hydroxyl groups excluding tert-OH is 1. The van der Waals surface area contributed by atoms with Crippen LogP contribution in [0.25, 0.3) is 11.1 Å². The fourth-order valence-electron chi connectivity index (χ4n) is 3.64. The number of hydrogen-bond donors (Lipinski definition) is 2. The van der Waals surface area contributed by atoms with Crippen molar-refractivity contribution < 1.29 is 19.6 Å². The fourth-order valence-corrected chi connectivity index (χ4v) is 4.10. The van der Waals surface area contributed by atoms with Crippen LogP contribution in [0, 0.1) is 10.1 Å². The van der Waals surface area contributed by atoms with Crippen LogP contribution < -0.4 is 0 Å². The maximum Gasteiger partial charge on any atom is 0.295 e. The Labute approximate surface area is 226 Å². The number of likely N-dealkylation sites (tertiary alicyclic amines) is 1. The summed E-state index contributed by atoms with van der Waals surface area (Å²) < 4.78 is 0. The topological polar surface area (TPSA) is 117 Å². The zero-order valence-electron chi connectivity index (χ0n) is 20.8. The first-order valence-electron chi connectivity index (χ1n) is 12.0. The average Bonchev–Trinajstić information content (AvgIpc) is 3.48. The first-order chi connectivity index (χ1) is 17.6. The number of unbranched alkanes of at least 4 members (excludes halogenated alkanes) is 1. The molecule has 0 spiro atoms. The van der Waals surface area contributed by atoms with Crippen LogP contribution in [0.4, 0.5) is 5.69 Å². The molecule has 0 radical (unpaired) electrons. The molecule has 8 nitrogen and oxygen atoms in total. The molecule has 2 amide bonds. The van der Waals surface area contributed by atoms with Gasteiger partial charge >= 0.3 is 0 Å². The van der Waals surface area contributed by atoms with Gasteiger partial charge in [-0.2, -0.15) is 0 Å². The standard InChI is InChI=1S/C17H25NO3.C10H6Cl2N2O2/c1-3-4-9-15(19)13-14(2)8-5-6-10-16(20)18-12-7-11-17(18)21;11-8-3-1-2-6(10(8)14(15)16)7-4-13-5-9(7)12/h5-6,8,10,13,15,19H,3-4,7,9,11-12H2,1-2H3;1-5,13H/b8-5+,10-6+,14-13+;/t15-;/m1./s1. The molecule has 198 valence electrons. The van der Waals surface area contributed by atoms with Crippen LogP contribution in [0.3, 0.4) is 0 Å². The molecule has 2 heterocycles. The molecule has 0 unspecified atom stereocenters. The highest BCUT2D eigenvalue weighted by atomic mass is 35.5. The second kappa shape index (κ2) is 15.1. The third kappa shape index (κ3) is 9.31. The van der Waals surface area contributed by atoms with Crippen molar-refractivity contribution in [2.45, 2.75) is 52.1 Å². The van der Waals surface area contributed by atoms with Gasteiger partial charge in [-0.1, -0.05) is 78.9 Å². The Bertz CT molecular complexity index is 1190. The van der Waals surface area contributed by atoms with Crippen molar-refractivity contribution >= 4 is 40.7 Å². The number of carbonyl (C=O) groups excluding carboxylic acids is 2. The van der Waals surface area contributed by atoms with Gasteiger partial charge in [0.05, 0.1) is 21.6 Å². The van der Waals surface area contributed by atoms with Gasteiger partial charge in [-0.05, 0) is 31.9 Å². The molecule has 1 aromatic carbocycles. The van der Waals surface area contributed by atoms with E-state index in [-0.39, 0.29) is 22.5 Å². The number of aromatic nitrogens is 1. The van der Waals surface area contributed by atoms with E-state index in [2.05, 4.69) is 11.9 Å². The van der Waals surface area contributed by atoms with E-state index in [1.807, 2.05) is 19.1 Å². The van der Waals surface area contributed by atoms with Gasteiger partial charge in [0.25, 0.3) is 11.6 Å². The molecule has 1 saturated heterocycles. The number of allylic oxidation sites excluding steroid dienone is 4. The Morgan fingerprint density at radius 2 is 1.95 bits per heavy atom. The van der Waals surface area contributed by atoms with Crippen molar-refractivity contribution in [2.75, 3.05) is 6.54 Å². The number of para-hydroxylation sites is 1. The SMILES string of the molecule is CCCC[C@@H](O)/C=C(C)/C=C/C=C/C(=O)N1CCCC1=O.O=[N+]([O-])c1c(Cl)cccc1-c1c[nH]cc1Cl. The van der Waals surface area contributed by atoms with Gasteiger partial charge < -0.3 is 10.1 Å². The van der Waals surface area contributed by atoms with Crippen molar-refractivity contribution in [3.8, 4) is 11.1 Å². The van der Waals surface area contributed by atoms with Gasteiger partial charge in [-0.3, -0.25) is 24.6 Å². The summed E-state index contributed by atoms with van der Waals surface area (Å²) in [4.78, 5) is 37.6. The maximum atomic E-state index is 11.7. The zero-order valence-corrected chi connectivity index (χ0v) is 22.3. The highest BCUT2D eigenvalue weighted by molar-refractivity contribution is 6.35. The predicted molar refractivity (Wildman–Crippen MR) is 146 cm³/mol. The lowest BCUT2D eigenvalue weighted by Gasteiger charge is -2.09. The van der Waals surface area contributed by atoms with Crippen molar-refractivity contribution in [1.29, 1.82) is 0 Å². The fraction of sp³-hybridized carbons (Fsp3) is 0.333. The number of nitrogens with zero attached hydrogens (tertiary/aromatic N) is 2. The molecule has 1 fully saturated rings. The van der Waals surface area contributed by atoms with E-state index in [4.69, 9.17) is 23.2 Å². The summed E-state index contributed by atoms with van der Waals surface area (Å²) >= 11 is 11.7. The molecular formula is C27H31Cl2N3O5. The van der Waals surface area contributed by atoms with Crippen LogP contribution >= 0.6 is 23.2 Å². The molecule has 0 bridgehead atoms. The number of nitrogens with one attached hydrogen (secondary N) is 1. The van der Waals surface area contributed by atoms with Gasteiger partial charge in [0, 0.05) is 37.0 Å². The summed E-state index contributed by atoms with van der Waals surface area (Å²) in [5.41, 5.74) is 1.79. The Morgan fingerprint density at radius 3 is 2.54 bits per heavy atom. The minimum absolute atomic E-state index is 0.0937. The number of halogens is 2. The molecule has 37 heavy (non-hydrogen) atoms. The highest BCUT2D eigenvalue weighted by Crippen LogP contribution is 2.38. The molecule has 1 atom stereocenters. The number of rotatable bonds is 9. The molecular weight excluding hydrogens is 517 g/mol. The summed E-state index contributed by atoms with van der Waals surface area (Å²) in [6.07, 6.45) is 15.2. The first kappa shape index (κ1) is 30.0. The summed E-state index contributed by atoms with van der Waals surface area (Å²) in [7, 11) is 0. The number of imide groups is 1. The van der Waals surface area contributed by atoms with E-state index in [0.717, 1.165) is 31.3 Å². The van der Waals surface area contributed by atoms with E-state index in [1.54, 1.807) is 36.7 Å². The van der Waals surface area contributed by atoms with E-state index in [1.165, 1.54) is 17.0 Å². The van der Waals surface area contributed by atoms with Crippen LogP contribution in [-0.4, -0.2) is 44.4 Å². The van der Waals surface area contributed by atoms with E-state index >= 15 is 0 Å². The summed E-state index contributed by atoms with van der Waals surface area (Å²) in [5, 5.41) is 21.2. The lowest BCUT2D eigenvalue weighted by Crippen LogP contribution is -2.30. The van der Waals surface area contributed by atoms with Crippen molar-refractivity contribution in [1.82, 2.24) is 9.88 Å². The number of aliphatic hydroxyl groups is 1. The van der Waals surface area contributed by atoms with Crippen molar-refractivity contribution in [2.24, 2.45) is 0 Å². The zero-order chi connectivity index (χ0) is 27.4. The number of aromatic amines is 1. The lowest BCUT2D eigenvalue weighted by molar-refractivity contribution is -0.384. The monoisotopic (exact) mass is 547 g/mol. The highest BCUT2D eigenvalue weighted by Gasteiger charge is 2.24. The molecule has 1 aromatic heterocycles. The van der Waals surface area contributed by atoms with Gasteiger partial charge in [-0.15, -0.1) is 0 Å². The predicted octanol–water partition coefficient (Wildman–Crippen LogP) is 6.64. The number of nitro benzene ring substituents is 1. The third-order valence-corrected chi connectivity index (χ3v) is 6.13. The molecule has 2 aromatic rings. The number of H-pyrrole nitrogens is 1. The smallest absolute Gasteiger partial charge is 0.295 e. The van der Waals surface area contributed by atoms with Gasteiger partial charge in [0.15, 0.2) is 0 Å². The Balaban J connectivity index is 0.000000269. The number of benzene rings is 1. The largest absolute Gasteiger partial charge is 0.389 e. The normalized spacial score (nSPS) is 14.8. The molecule has 10 heteroatoms. The minimum Gasteiger partial charge on any atom is -0.389 e.